The van der Waals surface area contributed by atoms with Gasteiger partial charge < -0.3 is 25.4 Å². The Kier molecular flexibility index (Phi) is 11.3. The largest absolute Gasteiger partial charge is 0.478 e. The number of hydrogen-bond acceptors (Lipinski definition) is 9. The minimum absolute atomic E-state index is 0.00138. The summed E-state index contributed by atoms with van der Waals surface area (Å²) in [5.41, 5.74) is 10.2. The van der Waals surface area contributed by atoms with Gasteiger partial charge in [-0.15, -0.1) is 0 Å². The molecular formula is C53H50N7O7S+. The zero-order chi connectivity index (χ0) is 46.5. The predicted octanol–water partition coefficient (Wildman–Crippen LogP) is 4.92. The van der Waals surface area contributed by atoms with Gasteiger partial charge in [-0.05, 0) is 91.6 Å². The van der Waals surface area contributed by atoms with Crippen LogP contribution in [-0.2, 0) is 42.3 Å². The molecule has 2 amide bonds. The molecule has 0 radical (unpaired) electrons. The monoisotopic (exact) mass is 928 g/mol. The van der Waals surface area contributed by atoms with Gasteiger partial charge >= 0.3 is 5.97 Å². The molecule has 5 aliphatic rings. The number of carboxylic acid groups (broad SMARTS) is 1. The van der Waals surface area contributed by atoms with Crippen molar-refractivity contribution in [1.29, 1.82) is 0 Å². The van der Waals surface area contributed by atoms with Crippen molar-refractivity contribution in [2.75, 3.05) is 44.2 Å². The highest BCUT2D eigenvalue weighted by Crippen LogP contribution is 2.49. The molecule has 0 spiro atoms. The van der Waals surface area contributed by atoms with Crippen molar-refractivity contribution in [2.24, 2.45) is 0 Å². The van der Waals surface area contributed by atoms with E-state index in [1.165, 1.54) is 63.9 Å². The van der Waals surface area contributed by atoms with Crippen LogP contribution in [0.25, 0.3) is 17.0 Å². The van der Waals surface area contributed by atoms with Crippen molar-refractivity contribution in [3.8, 4) is 22.9 Å². The number of rotatable bonds is 12. The number of nitrogens with one attached hydrogen (secondary N) is 3. The number of nitrogens with zero attached hydrogens (tertiary/aromatic N) is 4. The number of ether oxygens (including phenoxy) is 1. The van der Waals surface area contributed by atoms with E-state index >= 15 is 0 Å². The lowest BCUT2D eigenvalue weighted by molar-refractivity contribution is 0.0696. The Morgan fingerprint density at radius 1 is 0.721 bits per heavy atom. The summed E-state index contributed by atoms with van der Waals surface area (Å²) in [5, 5.41) is 18.6. The van der Waals surface area contributed by atoms with E-state index in [0.717, 1.165) is 111 Å². The molecule has 15 heteroatoms. The molecule has 5 aliphatic heterocycles. The number of aromatic carboxylic acids is 1. The number of hydrogen-bond donors (Lipinski definition) is 4. The van der Waals surface area contributed by atoms with Gasteiger partial charge in [0, 0.05) is 102 Å². The van der Waals surface area contributed by atoms with Crippen molar-refractivity contribution in [3.05, 3.63) is 164 Å². The maximum absolute atomic E-state index is 13.7. The number of amides is 2. The summed E-state index contributed by atoms with van der Waals surface area (Å²) in [4.78, 5) is 50.9. The van der Waals surface area contributed by atoms with E-state index in [2.05, 4.69) is 46.9 Å². The average molecular weight is 929 g/mol. The Morgan fingerprint density at radius 2 is 1.47 bits per heavy atom. The summed E-state index contributed by atoms with van der Waals surface area (Å²) >= 11 is 0. The van der Waals surface area contributed by atoms with Crippen LogP contribution in [-0.4, -0.2) is 80.5 Å². The number of benzene rings is 5. The fourth-order valence-electron chi connectivity index (χ4n) is 10.7. The SMILES string of the molecule is O=C(NCCNS(=O)(=O)c1cccc(CNC(=O)c2cnc(-c3ccccc3)nc2)c1)c1ccc(C2=c3cc4c5c(c3Oc3c2cc2c6c3CCCN6CCC2)CCC[N+]=5CCC4)c(C(=O)O)c1. The topological polar surface area (TPSA) is 183 Å². The minimum Gasteiger partial charge on any atom is -0.478 e. The zero-order valence-corrected chi connectivity index (χ0v) is 38.3. The number of carboxylic acids is 1. The van der Waals surface area contributed by atoms with E-state index in [0.29, 0.717) is 17.0 Å². The van der Waals surface area contributed by atoms with Gasteiger partial charge in [0.25, 0.3) is 11.8 Å². The van der Waals surface area contributed by atoms with Crippen molar-refractivity contribution in [2.45, 2.75) is 62.8 Å². The fraction of sp³-hybridized carbons (Fsp3) is 0.283. The van der Waals surface area contributed by atoms with Crippen LogP contribution in [0.1, 0.15) is 95.7 Å². The molecule has 14 nitrogen and oxygen atoms in total. The van der Waals surface area contributed by atoms with Gasteiger partial charge in [-0.3, -0.25) is 9.59 Å². The second-order valence-electron chi connectivity index (χ2n) is 18.1. The van der Waals surface area contributed by atoms with E-state index in [4.69, 9.17) is 4.74 Å². The highest BCUT2D eigenvalue weighted by atomic mass is 32.2. The predicted molar refractivity (Wildman–Crippen MR) is 256 cm³/mol. The van der Waals surface area contributed by atoms with Crippen LogP contribution in [0.2, 0.25) is 0 Å². The standard InChI is InChI=1S/C53H49N7O7S/c61-51(54-19-20-58-68(65,66)38-14-4-9-32(25-38)29-57-52(62)37-30-55-50(56-31-37)33-10-2-1-3-11-33)36-17-18-39(42(28-36)53(63)64)45-43-26-34-12-5-21-59-23-7-15-40(46(34)59)48(43)67-49-41-16-8-24-60-22-6-13-35(47(41)60)27-44(45)49/h1-4,9-11,14,17-18,25-28,30-31,58H,5-8,12-13,15-16,19-24,29H2,(H2-,54,57,61,62,63,64)/p+1. The Hall–Kier alpha value is -7.23. The smallest absolute Gasteiger partial charge is 0.336 e. The van der Waals surface area contributed by atoms with Crippen LogP contribution in [0, 0.1) is 0 Å². The van der Waals surface area contributed by atoms with Gasteiger partial charge in [0.1, 0.15) is 24.6 Å². The first-order valence-electron chi connectivity index (χ1n) is 23.4. The van der Waals surface area contributed by atoms with Gasteiger partial charge in [0.2, 0.25) is 15.4 Å². The third-order valence-corrected chi connectivity index (χ3v) is 15.2. The average Bonchev–Trinajstić information content (AvgIpc) is 3.37. The molecule has 0 bridgehead atoms. The van der Waals surface area contributed by atoms with Crippen LogP contribution < -0.4 is 40.1 Å². The van der Waals surface area contributed by atoms with Crippen LogP contribution in [0.5, 0.6) is 11.5 Å². The number of anilines is 1. The molecule has 4 N–H and O–H groups in total. The summed E-state index contributed by atoms with van der Waals surface area (Å²) in [5.74, 6) is 0.0240. The number of aryl methyl sites for hydroxylation is 2. The van der Waals surface area contributed by atoms with Crippen molar-refractivity contribution in [3.63, 3.8) is 0 Å². The minimum atomic E-state index is -4.00. The van der Waals surface area contributed by atoms with Crippen LogP contribution in [0.15, 0.2) is 102 Å². The fourth-order valence-corrected chi connectivity index (χ4v) is 11.8. The van der Waals surface area contributed by atoms with E-state index in [1.807, 2.05) is 30.3 Å². The van der Waals surface area contributed by atoms with Crippen LogP contribution in [0.3, 0.4) is 0 Å². The molecule has 5 aromatic carbocycles. The van der Waals surface area contributed by atoms with Gasteiger partial charge in [-0.2, -0.15) is 0 Å². The van der Waals surface area contributed by atoms with Gasteiger partial charge in [0.15, 0.2) is 5.82 Å². The van der Waals surface area contributed by atoms with E-state index < -0.39 is 27.8 Å². The summed E-state index contributed by atoms with van der Waals surface area (Å²) in [6.07, 6.45) is 10.7. The first-order valence-corrected chi connectivity index (χ1v) is 24.9. The Morgan fingerprint density at radius 3 is 2.28 bits per heavy atom. The third-order valence-electron chi connectivity index (χ3n) is 13.8. The lowest BCUT2D eigenvalue weighted by atomic mass is 9.81. The molecule has 11 rings (SSSR count). The Labute approximate surface area is 393 Å². The van der Waals surface area contributed by atoms with E-state index in [9.17, 15) is 27.9 Å². The van der Waals surface area contributed by atoms with Crippen molar-refractivity contribution >= 4 is 39.1 Å². The molecular weight excluding hydrogens is 879 g/mol. The summed E-state index contributed by atoms with van der Waals surface area (Å²) < 4.78 is 38.9. The first-order chi connectivity index (χ1) is 33.1. The summed E-state index contributed by atoms with van der Waals surface area (Å²) in [6.45, 7) is 3.92. The van der Waals surface area contributed by atoms with Gasteiger partial charge in [-0.1, -0.05) is 48.5 Å². The number of fused-ring (bicyclic) bond motifs is 4. The highest BCUT2D eigenvalue weighted by molar-refractivity contribution is 7.89. The normalized spacial score (nSPS) is 15.6. The van der Waals surface area contributed by atoms with E-state index in [-0.39, 0.29) is 41.2 Å². The summed E-state index contributed by atoms with van der Waals surface area (Å²) in [7, 11) is -4.00. The molecule has 0 atom stereocenters. The van der Waals surface area contributed by atoms with Crippen LogP contribution >= 0.6 is 0 Å². The molecule has 0 saturated heterocycles. The second-order valence-corrected chi connectivity index (χ2v) is 19.8. The Bertz CT molecular complexity index is 3320. The molecule has 0 fully saturated rings. The quantitative estimate of drug-likeness (QED) is 0.0971. The molecule has 0 aliphatic carbocycles. The van der Waals surface area contributed by atoms with Crippen LogP contribution in [0.4, 0.5) is 5.69 Å². The number of aromatic nitrogens is 2. The maximum atomic E-state index is 13.7. The number of carbonyl (C=O) groups is 3. The molecule has 6 heterocycles. The lowest BCUT2D eigenvalue weighted by Gasteiger charge is -2.39. The second kappa shape index (κ2) is 17.8. The summed E-state index contributed by atoms with van der Waals surface area (Å²) in [6, 6.07) is 24.9. The van der Waals surface area contributed by atoms with Gasteiger partial charge in [-0.25, -0.2) is 32.5 Å². The highest BCUT2D eigenvalue weighted by Gasteiger charge is 2.36. The molecule has 344 valence electrons. The molecule has 1 aromatic heterocycles. The maximum Gasteiger partial charge on any atom is 0.336 e. The zero-order valence-electron chi connectivity index (χ0n) is 37.4. The third kappa shape index (κ3) is 7.98. The molecule has 0 saturated carbocycles. The van der Waals surface area contributed by atoms with Crippen molar-refractivity contribution in [1.82, 2.24) is 29.9 Å². The molecule has 0 unspecified atom stereocenters. The number of sulfonamides is 1. The molecule has 68 heavy (non-hydrogen) atoms. The van der Waals surface area contributed by atoms with Crippen molar-refractivity contribution < 1.29 is 32.6 Å². The number of carbonyl (C=O) groups excluding carboxylic acids is 2. The lowest BCUT2D eigenvalue weighted by Crippen LogP contribution is -2.45. The Balaban J connectivity index is 0.816. The first kappa shape index (κ1) is 43.3. The molecule has 6 aromatic rings. The van der Waals surface area contributed by atoms with Gasteiger partial charge in [0.05, 0.1) is 21.6 Å². The van der Waals surface area contributed by atoms with E-state index in [1.54, 1.807) is 24.3 Å².